The highest BCUT2D eigenvalue weighted by molar-refractivity contribution is 9.09. The third-order valence-corrected chi connectivity index (χ3v) is 11.7. The summed E-state index contributed by atoms with van der Waals surface area (Å²) in [5, 5.41) is 9.28. The SMILES string of the molecule is C=CCCC(=O)N(C)[C@H](C)[C@H](OC(=O)[C@H]1[C@@H]2O[C@@]3(CC2Br)[C@@H]1C(=O)N(CCCCCCO)[C@@H]3C(=O)N(CC=C)C(C)CCC)c1ccccc1. The van der Waals surface area contributed by atoms with E-state index in [1.807, 2.05) is 44.2 Å². The quantitative estimate of drug-likeness (QED) is 0.0799. The standard InChI is InChI=1S/C39H56BrN3O7/c1-7-10-21-30(45)41(6)27(5)33(28-19-14-13-15-20-28)49-38(48)31-32-36(46)43(23-16-11-12-17-24-44)35(39(32)25-29(40)34(31)50-39)37(47)42(22-9-3)26(4)18-8-2/h7,9,13-15,19-20,26-27,29,31-35,44H,1,3,8,10-12,16-18,21-25H2,2,4-6H3/t26?,27-,29?,31-,32+,33+,34-,35-,39+/m1/s1. The average Bonchev–Trinajstić information content (AvgIpc) is 3.70. The van der Waals surface area contributed by atoms with Crippen LogP contribution in [0.1, 0.15) is 90.2 Å². The minimum absolute atomic E-state index is 0.0825. The number of allylic oxidation sites excluding steroid dienone is 1. The molecule has 0 radical (unpaired) electrons. The van der Waals surface area contributed by atoms with Gasteiger partial charge in [0.05, 0.1) is 24.0 Å². The fraction of sp³-hybridized carbons (Fsp3) is 0.641. The molecule has 3 aliphatic rings. The van der Waals surface area contributed by atoms with E-state index in [4.69, 9.17) is 9.47 Å². The number of halogens is 1. The molecule has 10 nitrogen and oxygen atoms in total. The zero-order chi connectivity index (χ0) is 36.6. The lowest BCUT2D eigenvalue weighted by Crippen LogP contribution is -2.58. The molecule has 1 spiro atoms. The Hall–Kier alpha value is -3.02. The molecule has 50 heavy (non-hydrogen) atoms. The number of aliphatic hydroxyl groups is 1. The summed E-state index contributed by atoms with van der Waals surface area (Å²) in [6, 6.07) is 7.82. The summed E-state index contributed by atoms with van der Waals surface area (Å²) in [6.45, 7) is 14.3. The van der Waals surface area contributed by atoms with Crippen LogP contribution in [0.4, 0.5) is 0 Å². The number of likely N-dealkylation sites (tertiary alicyclic amines) is 1. The maximum Gasteiger partial charge on any atom is 0.313 e. The lowest BCUT2D eigenvalue weighted by molar-refractivity contribution is -0.164. The first-order chi connectivity index (χ1) is 24.0. The number of hydrogen-bond acceptors (Lipinski definition) is 7. The van der Waals surface area contributed by atoms with Gasteiger partial charge in [0.25, 0.3) is 0 Å². The van der Waals surface area contributed by atoms with Crippen LogP contribution >= 0.6 is 15.9 Å². The average molecular weight is 759 g/mol. The van der Waals surface area contributed by atoms with Gasteiger partial charge in [0.1, 0.15) is 17.7 Å². The molecule has 1 aromatic carbocycles. The highest BCUT2D eigenvalue weighted by Gasteiger charge is 2.77. The monoisotopic (exact) mass is 757 g/mol. The van der Waals surface area contributed by atoms with Crippen molar-refractivity contribution in [1.82, 2.24) is 14.7 Å². The van der Waals surface area contributed by atoms with E-state index in [-0.39, 0.29) is 41.6 Å². The van der Waals surface area contributed by atoms with Crippen LogP contribution < -0.4 is 0 Å². The van der Waals surface area contributed by atoms with Crippen LogP contribution in [0, 0.1) is 11.8 Å². The minimum Gasteiger partial charge on any atom is -0.455 e. The maximum atomic E-state index is 14.7. The molecule has 0 saturated carbocycles. The van der Waals surface area contributed by atoms with E-state index in [9.17, 15) is 24.3 Å². The van der Waals surface area contributed by atoms with Gasteiger partial charge < -0.3 is 29.3 Å². The van der Waals surface area contributed by atoms with Crippen molar-refractivity contribution in [2.24, 2.45) is 11.8 Å². The third kappa shape index (κ3) is 8.05. The number of benzene rings is 1. The largest absolute Gasteiger partial charge is 0.455 e. The normalized spacial score (nSPS) is 27.0. The van der Waals surface area contributed by atoms with Gasteiger partial charge in [-0.15, -0.1) is 13.2 Å². The topological polar surface area (TPSA) is 117 Å². The van der Waals surface area contributed by atoms with Gasteiger partial charge in [-0.2, -0.15) is 0 Å². The van der Waals surface area contributed by atoms with Crippen LogP contribution in [0.15, 0.2) is 55.6 Å². The molecule has 276 valence electrons. The third-order valence-electron chi connectivity index (χ3n) is 10.8. The molecule has 0 aromatic heterocycles. The van der Waals surface area contributed by atoms with Crippen LogP contribution in [-0.4, -0.2) is 105 Å². The summed E-state index contributed by atoms with van der Waals surface area (Å²) in [5.74, 6) is -2.98. The number of fused-ring (bicyclic) bond motifs is 1. The second kappa shape index (κ2) is 18.0. The first kappa shape index (κ1) is 39.8. The molecule has 3 amide bonds. The molecule has 4 rings (SSSR count). The lowest BCUT2D eigenvalue weighted by atomic mass is 9.70. The number of nitrogens with zero attached hydrogens (tertiary/aromatic N) is 3. The van der Waals surface area contributed by atoms with Crippen LogP contribution in [-0.2, 0) is 28.7 Å². The lowest BCUT2D eigenvalue weighted by Gasteiger charge is -2.39. The Kier molecular flexibility index (Phi) is 14.3. The van der Waals surface area contributed by atoms with Crippen molar-refractivity contribution in [2.45, 2.75) is 119 Å². The van der Waals surface area contributed by atoms with Gasteiger partial charge in [0.2, 0.25) is 17.7 Å². The summed E-state index contributed by atoms with van der Waals surface area (Å²) >= 11 is 3.77. The van der Waals surface area contributed by atoms with Gasteiger partial charge >= 0.3 is 5.97 Å². The number of ether oxygens (including phenoxy) is 2. The van der Waals surface area contributed by atoms with Gasteiger partial charge in [-0.3, -0.25) is 19.2 Å². The number of rotatable bonds is 20. The molecule has 2 unspecified atom stereocenters. The van der Waals surface area contributed by atoms with E-state index < -0.39 is 47.7 Å². The molecule has 3 saturated heterocycles. The Morgan fingerprint density at radius 3 is 2.48 bits per heavy atom. The maximum absolute atomic E-state index is 14.7. The fourth-order valence-corrected chi connectivity index (χ4v) is 9.09. The number of carbonyl (C=O) groups is 4. The smallest absolute Gasteiger partial charge is 0.313 e. The van der Waals surface area contributed by atoms with Crippen LogP contribution in [0.2, 0.25) is 0 Å². The number of aliphatic hydroxyl groups excluding tert-OH is 1. The number of amides is 3. The van der Waals surface area contributed by atoms with Gasteiger partial charge in [-0.1, -0.05) is 84.6 Å². The van der Waals surface area contributed by atoms with E-state index >= 15 is 0 Å². The predicted molar refractivity (Wildman–Crippen MR) is 196 cm³/mol. The second-order valence-corrected chi connectivity index (χ2v) is 15.3. The molecule has 0 aliphatic carbocycles. The predicted octanol–water partition coefficient (Wildman–Crippen LogP) is 5.59. The number of unbranched alkanes of at least 4 members (excludes halogenated alkanes) is 3. The van der Waals surface area contributed by atoms with E-state index in [1.54, 1.807) is 33.9 Å². The summed E-state index contributed by atoms with van der Waals surface area (Å²) in [5.41, 5.74) is -0.482. The van der Waals surface area contributed by atoms with E-state index in [1.165, 1.54) is 0 Å². The highest BCUT2D eigenvalue weighted by Crippen LogP contribution is 2.60. The Labute approximate surface area is 306 Å². The van der Waals surface area contributed by atoms with Crippen LogP contribution in [0.3, 0.4) is 0 Å². The van der Waals surface area contributed by atoms with Crippen molar-refractivity contribution >= 4 is 39.6 Å². The molecule has 3 fully saturated rings. The van der Waals surface area contributed by atoms with Gasteiger partial charge in [0.15, 0.2) is 0 Å². The zero-order valence-corrected chi connectivity index (χ0v) is 31.8. The molecule has 3 heterocycles. The van der Waals surface area contributed by atoms with Gasteiger partial charge in [-0.05, 0) is 51.5 Å². The van der Waals surface area contributed by atoms with Crippen molar-refractivity contribution in [2.75, 3.05) is 26.7 Å². The Morgan fingerprint density at radius 2 is 1.84 bits per heavy atom. The van der Waals surface area contributed by atoms with Crippen molar-refractivity contribution in [1.29, 1.82) is 0 Å². The van der Waals surface area contributed by atoms with Crippen molar-refractivity contribution in [3.05, 3.63) is 61.2 Å². The number of likely N-dealkylation sites (N-methyl/N-ethyl adjacent to an activating group) is 1. The summed E-state index contributed by atoms with van der Waals surface area (Å²) in [6.07, 6.45) is 7.75. The van der Waals surface area contributed by atoms with Gasteiger partial charge in [-0.25, -0.2) is 0 Å². The summed E-state index contributed by atoms with van der Waals surface area (Å²) in [7, 11) is 1.70. The molecular weight excluding hydrogens is 702 g/mol. The highest BCUT2D eigenvalue weighted by atomic mass is 79.9. The molecule has 2 bridgehead atoms. The summed E-state index contributed by atoms with van der Waals surface area (Å²) in [4.78, 5) is 61.7. The Morgan fingerprint density at radius 1 is 1.14 bits per heavy atom. The van der Waals surface area contributed by atoms with Gasteiger partial charge in [0, 0.05) is 44.0 Å². The van der Waals surface area contributed by atoms with Crippen molar-refractivity contribution in [3.8, 4) is 0 Å². The van der Waals surface area contributed by atoms with Crippen molar-refractivity contribution in [3.63, 3.8) is 0 Å². The number of hydrogen-bond donors (Lipinski definition) is 1. The van der Waals surface area contributed by atoms with E-state index in [2.05, 4.69) is 36.0 Å². The van der Waals surface area contributed by atoms with Crippen LogP contribution in [0.5, 0.6) is 0 Å². The molecule has 9 atom stereocenters. The summed E-state index contributed by atoms with van der Waals surface area (Å²) < 4.78 is 13.1. The molecule has 11 heteroatoms. The van der Waals surface area contributed by atoms with Crippen molar-refractivity contribution < 1.29 is 33.8 Å². The Bertz CT molecular complexity index is 1360. The fourth-order valence-electron chi connectivity index (χ4n) is 8.15. The second-order valence-electron chi connectivity index (χ2n) is 14.1. The zero-order valence-electron chi connectivity index (χ0n) is 30.2. The Balaban J connectivity index is 1.70. The van der Waals surface area contributed by atoms with E-state index in [0.717, 1.165) is 31.2 Å². The van der Waals surface area contributed by atoms with E-state index in [0.29, 0.717) is 38.8 Å². The first-order valence-electron chi connectivity index (χ1n) is 18.3. The molecule has 1 aromatic rings. The minimum atomic E-state index is -1.21. The molecule has 3 aliphatic heterocycles. The van der Waals surface area contributed by atoms with Crippen LogP contribution in [0.25, 0.3) is 0 Å². The number of carbonyl (C=O) groups excluding carboxylic acids is 4. The number of esters is 1. The number of alkyl halides is 1. The first-order valence-corrected chi connectivity index (χ1v) is 19.2. The molecule has 1 N–H and O–H groups in total. The molecular formula is C39H56BrN3O7.